The molecule has 3 aromatic rings. The molecule has 0 N–H and O–H groups in total. The van der Waals surface area contributed by atoms with E-state index in [2.05, 4.69) is 27.1 Å². The highest BCUT2D eigenvalue weighted by molar-refractivity contribution is 5.62. The fraction of sp³-hybridized carbons (Fsp3) is 0.350. The first-order valence-electron chi connectivity index (χ1n) is 8.90. The second-order valence-corrected chi connectivity index (χ2v) is 6.67. The van der Waals surface area contributed by atoms with Gasteiger partial charge in [0.15, 0.2) is 0 Å². The number of ether oxygens (including phenoxy) is 1. The van der Waals surface area contributed by atoms with Crippen molar-refractivity contribution in [2.75, 3.05) is 18.6 Å². The van der Waals surface area contributed by atoms with Gasteiger partial charge in [0, 0.05) is 31.5 Å². The zero-order valence-corrected chi connectivity index (χ0v) is 15.4. The third kappa shape index (κ3) is 3.03. The summed E-state index contributed by atoms with van der Waals surface area (Å²) in [6.45, 7) is 2.96. The van der Waals surface area contributed by atoms with E-state index < -0.39 is 0 Å². The van der Waals surface area contributed by atoms with Crippen molar-refractivity contribution in [1.82, 2.24) is 19.7 Å². The van der Waals surface area contributed by atoms with Crippen LogP contribution in [-0.4, -0.2) is 33.4 Å². The number of anilines is 1. The molecule has 0 amide bonds. The van der Waals surface area contributed by atoms with Crippen molar-refractivity contribution in [2.45, 2.75) is 25.8 Å². The molecule has 1 aliphatic heterocycles. The highest BCUT2D eigenvalue weighted by Gasteiger charge is 2.28. The van der Waals surface area contributed by atoms with E-state index in [9.17, 15) is 0 Å². The molecule has 0 aliphatic carbocycles. The van der Waals surface area contributed by atoms with Crippen LogP contribution >= 0.6 is 0 Å². The second kappa shape index (κ2) is 6.78. The highest BCUT2D eigenvalue weighted by Crippen LogP contribution is 2.36. The summed E-state index contributed by atoms with van der Waals surface area (Å²) in [6.07, 6.45) is 6.06. The first-order chi connectivity index (χ1) is 12.7. The third-order valence-corrected chi connectivity index (χ3v) is 4.92. The average Bonchev–Trinajstić information content (AvgIpc) is 3.28. The first-order valence-corrected chi connectivity index (χ1v) is 8.90. The number of aryl methyl sites for hydroxylation is 2. The zero-order chi connectivity index (χ0) is 18.1. The molecule has 26 heavy (non-hydrogen) atoms. The van der Waals surface area contributed by atoms with Gasteiger partial charge in [-0.1, -0.05) is 12.1 Å². The normalized spacial score (nSPS) is 16.9. The molecule has 0 bridgehead atoms. The van der Waals surface area contributed by atoms with Crippen molar-refractivity contribution in [2.24, 2.45) is 7.05 Å². The lowest BCUT2D eigenvalue weighted by atomic mass is 10.0. The summed E-state index contributed by atoms with van der Waals surface area (Å²) in [5.74, 6) is 1.66. The molecule has 0 unspecified atom stereocenters. The number of hydrogen-bond acceptors (Lipinski definition) is 5. The maximum absolute atomic E-state index is 5.39. The van der Waals surface area contributed by atoms with Crippen molar-refractivity contribution in [3.63, 3.8) is 0 Å². The maximum atomic E-state index is 5.39. The van der Waals surface area contributed by atoms with E-state index in [1.807, 2.05) is 49.2 Å². The predicted molar refractivity (Wildman–Crippen MR) is 101 cm³/mol. The zero-order valence-electron chi connectivity index (χ0n) is 15.4. The molecule has 4 rings (SSSR count). The fourth-order valence-electron chi connectivity index (χ4n) is 3.69. The molecule has 0 spiro atoms. The minimum Gasteiger partial charge on any atom is -0.497 e. The number of nitrogens with zero attached hydrogens (tertiary/aromatic N) is 5. The molecule has 1 saturated heterocycles. The second-order valence-electron chi connectivity index (χ2n) is 6.67. The van der Waals surface area contributed by atoms with Crippen molar-refractivity contribution in [1.29, 1.82) is 0 Å². The van der Waals surface area contributed by atoms with Crippen LogP contribution in [0.1, 0.15) is 30.1 Å². The monoisotopic (exact) mass is 349 g/mol. The van der Waals surface area contributed by atoms with Crippen LogP contribution in [0.2, 0.25) is 0 Å². The standard InChI is InChI=1S/C20H23N5O/c1-14-17(13-24(2)23-14)18-9-10-21-20(22-18)25-11-5-8-19(25)15-6-4-7-16(12-15)26-3/h4,6-7,9-10,12-13,19H,5,8,11H2,1-3H3/t19-/m1/s1. The molecule has 134 valence electrons. The van der Waals surface area contributed by atoms with E-state index in [1.165, 1.54) is 5.56 Å². The Hall–Kier alpha value is -2.89. The van der Waals surface area contributed by atoms with Gasteiger partial charge in [0.2, 0.25) is 5.95 Å². The van der Waals surface area contributed by atoms with Gasteiger partial charge in [-0.3, -0.25) is 4.68 Å². The molecular weight excluding hydrogens is 326 g/mol. The number of benzene rings is 1. The summed E-state index contributed by atoms with van der Waals surface area (Å²) < 4.78 is 7.21. The van der Waals surface area contributed by atoms with Crippen molar-refractivity contribution >= 4 is 5.95 Å². The summed E-state index contributed by atoms with van der Waals surface area (Å²) in [5, 5.41) is 4.43. The molecule has 2 aromatic heterocycles. The summed E-state index contributed by atoms with van der Waals surface area (Å²) in [4.78, 5) is 11.7. The Morgan fingerprint density at radius 3 is 2.88 bits per heavy atom. The molecule has 1 fully saturated rings. The van der Waals surface area contributed by atoms with Gasteiger partial charge >= 0.3 is 0 Å². The van der Waals surface area contributed by atoms with Gasteiger partial charge in [-0.25, -0.2) is 9.97 Å². The largest absolute Gasteiger partial charge is 0.497 e. The third-order valence-electron chi connectivity index (χ3n) is 4.92. The summed E-state index contributed by atoms with van der Waals surface area (Å²) in [5.41, 5.74) is 4.18. The minimum atomic E-state index is 0.273. The van der Waals surface area contributed by atoms with Gasteiger partial charge in [0.25, 0.3) is 0 Å². The van der Waals surface area contributed by atoms with Gasteiger partial charge in [-0.05, 0) is 43.5 Å². The average molecular weight is 349 g/mol. The van der Waals surface area contributed by atoms with Gasteiger partial charge in [0.05, 0.1) is 24.5 Å². The molecule has 1 aromatic carbocycles. The lowest BCUT2D eigenvalue weighted by molar-refractivity contribution is 0.414. The summed E-state index contributed by atoms with van der Waals surface area (Å²) >= 11 is 0. The molecule has 0 saturated carbocycles. The first kappa shape index (κ1) is 16.6. The van der Waals surface area contributed by atoms with E-state index >= 15 is 0 Å². The van der Waals surface area contributed by atoms with Gasteiger partial charge < -0.3 is 9.64 Å². The molecule has 1 atom stereocenters. The molecule has 1 aliphatic rings. The minimum absolute atomic E-state index is 0.273. The molecule has 3 heterocycles. The highest BCUT2D eigenvalue weighted by atomic mass is 16.5. The van der Waals surface area contributed by atoms with Gasteiger partial charge in [-0.15, -0.1) is 0 Å². The smallest absolute Gasteiger partial charge is 0.226 e. The number of hydrogen-bond donors (Lipinski definition) is 0. The van der Waals surface area contributed by atoms with Crippen LogP contribution in [0.3, 0.4) is 0 Å². The molecule has 6 heteroatoms. The van der Waals surface area contributed by atoms with E-state index in [0.29, 0.717) is 0 Å². The summed E-state index contributed by atoms with van der Waals surface area (Å²) in [7, 11) is 3.63. The molecule has 6 nitrogen and oxygen atoms in total. The number of methoxy groups -OCH3 is 1. The van der Waals surface area contributed by atoms with Crippen LogP contribution in [-0.2, 0) is 7.05 Å². The molecular formula is C20H23N5O. The van der Waals surface area contributed by atoms with E-state index in [1.54, 1.807) is 7.11 Å². The topological polar surface area (TPSA) is 56.1 Å². The Morgan fingerprint density at radius 1 is 1.23 bits per heavy atom. The van der Waals surface area contributed by atoms with Crippen LogP contribution in [0, 0.1) is 6.92 Å². The predicted octanol–water partition coefficient (Wildman–Crippen LogP) is 3.54. The Bertz CT molecular complexity index is 920. The van der Waals surface area contributed by atoms with Crippen LogP contribution in [0.15, 0.2) is 42.7 Å². The Morgan fingerprint density at radius 2 is 2.12 bits per heavy atom. The lowest BCUT2D eigenvalue weighted by Gasteiger charge is -2.25. The Balaban J connectivity index is 1.68. The fourth-order valence-corrected chi connectivity index (χ4v) is 3.69. The van der Waals surface area contributed by atoms with E-state index in [4.69, 9.17) is 9.72 Å². The van der Waals surface area contributed by atoms with E-state index in [0.717, 1.165) is 48.0 Å². The summed E-state index contributed by atoms with van der Waals surface area (Å²) in [6, 6.07) is 10.5. The van der Waals surface area contributed by atoms with Crippen molar-refractivity contribution in [3.8, 4) is 17.0 Å². The SMILES string of the molecule is COc1cccc([C@H]2CCCN2c2nccc(-c3cn(C)nc3C)n2)c1. The number of aromatic nitrogens is 4. The van der Waals surface area contributed by atoms with Gasteiger partial charge in [-0.2, -0.15) is 5.10 Å². The van der Waals surface area contributed by atoms with E-state index in [-0.39, 0.29) is 6.04 Å². The Labute approximate surface area is 153 Å². The quantitative estimate of drug-likeness (QED) is 0.721. The van der Waals surface area contributed by atoms with Crippen LogP contribution < -0.4 is 9.64 Å². The van der Waals surface area contributed by atoms with Crippen molar-refractivity contribution in [3.05, 3.63) is 54.0 Å². The van der Waals surface area contributed by atoms with Gasteiger partial charge in [0.1, 0.15) is 5.75 Å². The maximum Gasteiger partial charge on any atom is 0.226 e. The number of rotatable bonds is 4. The van der Waals surface area contributed by atoms with Crippen LogP contribution in [0.5, 0.6) is 5.75 Å². The Kier molecular flexibility index (Phi) is 4.32. The van der Waals surface area contributed by atoms with Crippen LogP contribution in [0.4, 0.5) is 5.95 Å². The van der Waals surface area contributed by atoms with Crippen molar-refractivity contribution < 1.29 is 4.74 Å². The molecule has 0 radical (unpaired) electrons. The lowest BCUT2D eigenvalue weighted by Crippen LogP contribution is -2.24. The van der Waals surface area contributed by atoms with Crippen LogP contribution in [0.25, 0.3) is 11.3 Å².